The van der Waals surface area contributed by atoms with Gasteiger partial charge in [0.05, 0.1) is 12.2 Å². The summed E-state index contributed by atoms with van der Waals surface area (Å²) in [4.78, 5) is 16.4. The molecule has 0 saturated carbocycles. The first-order valence-corrected chi connectivity index (χ1v) is 6.87. The van der Waals surface area contributed by atoms with E-state index in [1.165, 1.54) is 0 Å². The van der Waals surface area contributed by atoms with Crippen LogP contribution in [0.15, 0.2) is 18.3 Å². The summed E-state index contributed by atoms with van der Waals surface area (Å²) in [5, 5.41) is 11.7. The van der Waals surface area contributed by atoms with Gasteiger partial charge >= 0.3 is 0 Å². The molecule has 108 valence electrons. The SMILES string of the molecule is CCCC(C)(C)NC(=O)c1ncccc1C#CCCO. The highest BCUT2D eigenvalue weighted by molar-refractivity contribution is 5.95. The van der Waals surface area contributed by atoms with Gasteiger partial charge in [-0.1, -0.05) is 25.2 Å². The summed E-state index contributed by atoms with van der Waals surface area (Å²) in [6, 6.07) is 3.51. The van der Waals surface area contributed by atoms with Crippen molar-refractivity contribution in [2.24, 2.45) is 0 Å². The van der Waals surface area contributed by atoms with Gasteiger partial charge in [0, 0.05) is 18.2 Å². The normalized spacial score (nSPS) is 10.6. The van der Waals surface area contributed by atoms with E-state index in [0.29, 0.717) is 17.7 Å². The van der Waals surface area contributed by atoms with Gasteiger partial charge in [0.25, 0.3) is 5.91 Å². The lowest BCUT2D eigenvalue weighted by Gasteiger charge is -2.25. The summed E-state index contributed by atoms with van der Waals surface area (Å²) in [6.45, 7) is 6.09. The average Bonchev–Trinajstić information content (AvgIpc) is 2.38. The van der Waals surface area contributed by atoms with Crippen LogP contribution in [0, 0.1) is 11.8 Å². The van der Waals surface area contributed by atoms with Crippen molar-refractivity contribution < 1.29 is 9.90 Å². The van der Waals surface area contributed by atoms with E-state index in [2.05, 4.69) is 29.1 Å². The van der Waals surface area contributed by atoms with Crippen LogP contribution in [-0.2, 0) is 0 Å². The Kier molecular flexibility index (Phi) is 6.20. The topological polar surface area (TPSA) is 62.2 Å². The van der Waals surface area contributed by atoms with Crippen LogP contribution in [0.25, 0.3) is 0 Å². The maximum atomic E-state index is 12.3. The van der Waals surface area contributed by atoms with Gasteiger partial charge in [-0.25, -0.2) is 4.98 Å². The van der Waals surface area contributed by atoms with Crippen molar-refractivity contribution in [1.29, 1.82) is 0 Å². The molecule has 1 heterocycles. The van der Waals surface area contributed by atoms with Gasteiger partial charge in [0.2, 0.25) is 0 Å². The Morgan fingerprint density at radius 3 is 2.90 bits per heavy atom. The van der Waals surface area contributed by atoms with Crippen molar-refractivity contribution in [2.75, 3.05) is 6.61 Å². The Balaban J connectivity index is 2.91. The van der Waals surface area contributed by atoms with E-state index in [1.54, 1.807) is 18.3 Å². The highest BCUT2D eigenvalue weighted by Gasteiger charge is 2.22. The van der Waals surface area contributed by atoms with E-state index in [4.69, 9.17) is 5.11 Å². The first-order valence-electron chi connectivity index (χ1n) is 6.87. The molecule has 0 bridgehead atoms. The zero-order chi connectivity index (χ0) is 15.0. The second-order valence-corrected chi connectivity index (χ2v) is 5.26. The molecule has 2 N–H and O–H groups in total. The van der Waals surface area contributed by atoms with E-state index in [9.17, 15) is 4.79 Å². The average molecular weight is 274 g/mol. The lowest BCUT2D eigenvalue weighted by molar-refractivity contribution is 0.0903. The van der Waals surface area contributed by atoms with Crippen LogP contribution >= 0.6 is 0 Å². The van der Waals surface area contributed by atoms with Crippen LogP contribution in [0.5, 0.6) is 0 Å². The van der Waals surface area contributed by atoms with Crippen molar-refractivity contribution in [1.82, 2.24) is 10.3 Å². The number of hydrogen-bond donors (Lipinski definition) is 2. The van der Waals surface area contributed by atoms with Gasteiger partial charge in [-0.05, 0) is 32.4 Å². The molecule has 0 atom stereocenters. The third-order valence-corrected chi connectivity index (χ3v) is 2.81. The number of aromatic nitrogens is 1. The minimum absolute atomic E-state index is 0.0122. The molecule has 0 radical (unpaired) electrons. The minimum atomic E-state index is -0.265. The Hall–Kier alpha value is -1.86. The van der Waals surface area contributed by atoms with Gasteiger partial charge < -0.3 is 10.4 Å². The van der Waals surface area contributed by atoms with Crippen molar-refractivity contribution in [3.63, 3.8) is 0 Å². The zero-order valence-corrected chi connectivity index (χ0v) is 12.4. The first kappa shape index (κ1) is 16.2. The third-order valence-electron chi connectivity index (χ3n) is 2.81. The van der Waals surface area contributed by atoms with Gasteiger partial charge in [-0.15, -0.1) is 0 Å². The second kappa shape index (κ2) is 7.66. The lowest BCUT2D eigenvalue weighted by atomic mass is 9.98. The number of carbonyl (C=O) groups excluding carboxylic acids is 1. The molecule has 20 heavy (non-hydrogen) atoms. The van der Waals surface area contributed by atoms with Crippen LogP contribution in [0.2, 0.25) is 0 Å². The molecule has 0 aromatic carbocycles. The fourth-order valence-corrected chi connectivity index (χ4v) is 1.95. The summed E-state index contributed by atoms with van der Waals surface area (Å²) < 4.78 is 0. The molecule has 0 unspecified atom stereocenters. The highest BCUT2D eigenvalue weighted by Crippen LogP contribution is 2.13. The van der Waals surface area contributed by atoms with Crippen LogP contribution in [0.3, 0.4) is 0 Å². The summed E-state index contributed by atoms with van der Waals surface area (Å²) in [5.41, 5.74) is 0.659. The number of aliphatic hydroxyl groups excluding tert-OH is 1. The molecule has 1 aromatic rings. The molecule has 0 aliphatic heterocycles. The largest absolute Gasteiger partial charge is 0.395 e. The number of nitrogens with zero attached hydrogens (tertiary/aromatic N) is 1. The molecule has 0 spiro atoms. The summed E-state index contributed by atoms with van der Waals surface area (Å²) in [7, 11) is 0. The molecule has 4 heteroatoms. The molecular formula is C16H22N2O2. The first-order chi connectivity index (χ1) is 9.50. The summed E-state index contributed by atoms with van der Waals surface area (Å²) >= 11 is 0. The van der Waals surface area contributed by atoms with Crippen molar-refractivity contribution in [3.05, 3.63) is 29.6 Å². The smallest absolute Gasteiger partial charge is 0.271 e. The van der Waals surface area contributed by atoms with E-state index in [1.807, 2.05) is 13.8 Å². The monoisotopic (exact) mass is 274 g/mol. The number of rotatable bonds is 5. The zero-order valence-electron chi connectivity index (χ0n) is 12.4. The van der Waals surface area contributed by atoms with E-state index >= 15 is 0 Å². The van der Waals surface area contributed by atoms with Crippen molar-refractivity contribution in [2.45, 2.75) is 45.6 Å². The number of hydrogen-bond acceptors (Lipinski definition) is 3. The molecule has 0 fully saturated rings. The quantitative estimate of drug-likeness (QED) is 0.808. The minimum Gasteiger partial charge on any atom is -0.395 e. The maximum Gasteiger partial charge on any atom is 0.271 e. The molecular weight excluding hydrogens is 252 g/mol. The van der Waals surface area contributed by atoms with E-state index in [0.717, 1.165) is 12.8 Å². The van der Waals surface area contributed by atoms with Crippen molar-refractivity contribution >= 4 is 5.91 Å². The van der Waals surface area contributed by atoms with Gasteiger partial charge in [0.15, 0.2) is 0 Å². The molecule has 1 rings (SSSR count). The van der Waals surface area contributed by atoms with Gasteiger partial charge in [-0.2, -0.15) is 0 Å². The summed E-state index contributed by atoms with van der Waals surface area (Å²) in [5.74, 6) is 5.48. The third kappa shape index (κ3) is 5.02. The van der Waals surface area contributed by atoms with Crippen LogP contribution in [0.1, 0.15) is 56.1 Å². The summed E-state index contributed by atoms with van der Waals surface area (Å²) in [6.07, 6.45) is 3.87. The van der Waals surface area contributed by atoms with Crippen LogP contribution < -0.4 is 5.32 Å². The molecule has 0 saturated heterocycles. The number of aliphatic hydroxyl groups is 1. The predicted molar refractivity (Wildman–Crippen MR) is 79.3 cm³/mol. The Labute approximate surface area is 120 Å². The Bertz CT molecular complexity index is 513. The fourth-order valence-electron chi connectivity index (χ4n) is 1.95. The molecule has 1 amide bonds. The lowest BCUT2D eigenvalue weighted by Crippen LogP contribution is -2.43. The van der Waals surface area contributed by atoms with Crippen LogP contribution in [-0.4, -0.2) is 28.1 Å². The number of amides is 1. The standard InChI is InChI=1S/C16H22N2O2/c1-4-10-16(2,3)18-15(20)14-13(8-5-6-12-19)9-7-11-17-14/h7,9,11,19H,4,6,10,12H2,1-3H3,(H,18,20). The van der Waals surface area contributed by atoms with Crippen LogP contribution in [0.4, 0.5) is 0 Å². The number of carbonyl (C=O) groups is 1. The second-order valence-electron chi connectivity index (χ2n) is 5.26. The molecule has 0 aliphatic carbocycles. The Morgan fingerprint density at radius 2 is 2.25 bits per heavy atom. The predicted octanol–water partition coefficient (Wildman–Crippen LogP) is 2.12. The Morgan fingerprint density at radius 1 is 1.50 bits per heavy atom. The maximum absolute atomic E-state index is 12.3. The van der Waals surface area contributed by atoms with Crippen molar-refractivity contribution in [3.8, 4) is 11.8 Å². The molecule has 1 aromatic heterocycles. The van der Waals surface area contributed by atoms with Gasteiger partial charge in [0.1, 0.15) is 5.69 Å². The number of pyridine rings is 1. The molecule has 0 aliphatic rings. The van der Waals surface area contributed by atoms with E-state index < -0.39 is 0 Å². The number of nitrogens with one attached hydrogen (secondary N) is 1. The fraction of sp³-hybridized carbons (Fsp3) is 0.500. The van der Waals surface area contributed by atoms with E-state index in [-0.39, 0.29) is 18.1 Å². The molecule has 4 nitrogen and oxygen atoms in total. The highest BCUT2D eigenvalue weighted by atomic mass is 16.2. The van der Waals surface area contributed by atoms with Gasteiger partial charge in [-0.3, -0.25) is 4.79 Å².